The normalized spacial score (nSPS) is 12.8. The Bertz CT molecular complexity index is 816. The van der Waals surface area contributed by atoms with Crippen molar-refractivity contribution in [3.05, 3.63) is 32.7 Å². The molecular weight excluding hydrogens is 578 g/mol. The van der Waals surface area contributed by atoms with Crippen LogP contribution in [0.2, 0.25) is 10.0 Å². The molecule has 0 aliphatic heterocycles. The number of alkyl halides is 5. The van der Waals surface area contributed by atoms with Gasteiger partial charge < -0.3 is 18.9 Å². The molecule has 1 atom stereocenters. The summed E-state index contributed by atoms with van der Waals surface area (Å²) in [6.45, 7) is 0.650. The van der Waals surface area contributed by atoms with Crippen LogP contribution in [0.15, 0.2) is 22.7 Å². The highest BCUT2D eigenvalue weighted by molar-refractivity contribution is 6.55. The van der Waals surface area contributed by atoms with Crippen molar-refractivity contribution in [2.24, 2.45) is 0 Å². The minimum Gasteiger partial charge on any atom is -0.492 e. The molecule has 0 bridgehead atoms. The predicted molar refractivity (Wildman–Crippen MR) is 123 cm³/mol. The van der Waals surface area contributed by atoms with Crippen LogP contribution >= 0.6 is 69.6 Å². The second-order valence-electron chi connectivity index (χ2n) is 6.34. The van der Waals surface area contributed by atoms with Crippen LogP contribution in [0.4, 0.5) is 13.2 Å². The van der Waals surface area contributed by atoms with E-state index in [0.29, 0.717) is 24.3 Å². The summed E-state index contributed by atoms with van der Waals surface area (Å²) in [5.74, 6) is -0.350. The van der Waals surface area contributed by atoms with Gasteiger partial charge in [-0.05, 0) is 31.1 Å². The van der Waals surface area contributed by atoms with E-state index in [1.807, 2.05) is 0 Å². The number of hydrogen-bond acceptors (Lipinski definition) is 5. The topological polar surface area (TPSA) is 54.0 Å². The van der Waals surface area contributed by atoms with Crippen molar-refractivity contribution < 1.29 is 36.9 Å². The first-order valence-electron chi connectivity index (χ1n) is 9.21. The number of benzene rings is 1. The average molecular weight is 597 g/mol. The number of carbonyl (C=O) groups is 1. The number of rotatable bonds is 13. The second-order valence-corrected chi connectivity index (χ2v) is 9.49. The van der Waals surface area contributed by atoms with Crippen molar-refractivity contribution in [2.45, 2.75) is 36.4 Å². The molecule has 0 aliphatic carbocycles. The Balaban J connectivity index is 2.46. The van der Waals surface area contributed by atoms with Crippen LogP contribution in [0.1, 0.15) is 19.8 Å². The van der Waals surface area contributed by atoms with Crippen molar-refractivity contribution in [3.63, 3.8) is 0 Å². The summed E-state index contributed by atoms with van der Waals surface area (Å²) in [7, 11) is 0. The van der Waals surface area contributed by atoms with Gasteiger partial charge in [0.1, 0.15) is 32.6 Å². The molecule has 0 spiro atoms. The van der Waals surface area contributed by atoms with E-state index >= 15 is 0 Å². The SMILES string of the molecule is CC(=O)OC(COCCCCOc1ccc(OCC=C(Cl)Cl)c(Cl)c1Cl)C(Cl)(Cl)C(F)(F)F. The number of unbranched alkanes of at least 4 members (excludes halogenated alkanes) is 1. The third-order valence-corrected chi connectivity index (χ3v) is 5.86. The molecule has 5 nitrogen and oxygen atoms in total. The predicted octanol–water partition coefficient (Wildman–Crippen LogP) is 7.53. The zero-order valence-corrected chi connectivity index (χ0v) is 21.5. The third-order valence-electron chi connectivity index (χ3n) is 3.79. The van der Waals surface area contributed by atoms with Crippen molar-refractivity contribution in [1.82, 2.24) is 0 Å². The van der Waals surface area contributed by atoms with E-state index in [1.165, 1.54) is 6.08 Å². The van der Waals surface area contributed by atoms with E-state index in [4.69, 9.17) is 83.8 Å². The number of carbonyl (C=O) groups excluding carboxylic acids is 1. The molecular formula is C19H19Cl6F3O5. The number of halogens is 9. The zero-order chi connectivity index (χ0) is 25.2. The first kappa shape index (κ1) is 30.6. The molecule has 1 unspecified atom stereocenters. The molecule has 0 amide bonds. The highest BCUT2D eigenvalue weighted by atomic mass is 35.5. The van der Waals surface area contributed by atoms with E-state index < -0.39 is 29.2 Å². The van der Waals surface area contributed by atoms with Gasteiger partial charge in [-0.15, -0.1) is 0 Å². The Labute approximate surface area is 218 Å². The average Bonchev–Trinajstić information content (AvgIpc) is 2.69. The number of hydrogen-bond donors (Lipinski definition) is 0. The summed E-state index contributed by atoms with van der Waals surface area (Å²) >= 11 is 34.0. The lowest BCUT2D eigenvalue weighted by molar-refractivity contribution is -0.183. The zero-order valence-electron chi connectivity index (χ0n) is 17.0. The van der Waals surface area contributed by atoms with Crippen molar-refractivity contribution in [3.8, 4) is 11.5 Å². The van der Waals surface area contributed by atoms with Crippen LogP contribution in [0.5, 0.6) is 11.5 Å². The van der Waals surface area contributed by atoms with Crippen molar-refractivity contribution in [2.75, 3.05) is 26.4 Å². The maximum absolute atomic E-state index is 13.0. The van der Waals surface area contributed by atoms with Gasteiger partial charge in [-0.3, -0.25) is 4.79 Å². The van der Waals surface area contributed by atoms with E-state index in [0.717, 1.165) is 6.92 Å². The molecule has 188 valence electrons. The van der Waals surface area contributed by atoms with E-state index in [9.17, 15) is 18.0 Å². The molecule has 0 saturated heterocycles. The van der Waals surface area contributed by atoms with Gasteiger partial charge in [0, 0.05) is 13.5 Å². The van der Waals surface area contributed by atoms with E-state index in [1.54, 1.807) is 12.1 Å². The van der Waals surface area contributed by atoms with Crippen molar-refractivity contribution >= 4 is 75.6 Å². The Morgan fingerprint density at radius 2 is 1.58 bits per heavy atom. The van der Waals surface area contributed by atoms with Gasteiger partial charge in [0.25, 0.3) is 4.33 Å². The van der Waals surface area contributed by atoms with Gasteiger partial charge >= 0.3 is 12.1 Å². The molecule has 0 heterocycles. The fraction of sp³-hybridized carbons (Fsp3) is 0.526. The van der Waals surface area contributed by atoms with Gasteiger partial charge in [-0.2, -0.15) is 13.2 Å². The van der Waals surface area contributed by atoms with Gasteiger partial charge in [0.2, 0.25) is 0 Å². The minimum atomic E-state index is -5.03. The number of esters is 1. The molecule has 1 aromatic carbocycles. The summed E-state index contributed by atoms with van der Waals surface area (Å²) < 4.78 is 56.4. The van der Waals surface area contributed by atoms with Gasteiger partial charge in [0.05, 0.1) is 13.2 Å². The van der Waals surface area contributed by atoms with E-state index in [-0.39, 0.29) is 34.4 Å². The molecule has 1 aromatic rings. The Morgan fingerprint density at radius 3 is 2.09 bits per heavy atom. The molecule has 0 fully saturated rings. The minimum absolute atomic E-state index is 0.0424. The Morgan fingerprint density at radius 1 is 1.03 bits per heavy atom. The maximum atomic E-state index is 13.0. The van der Waals surface area contributed by atoms with Crippen LogP contribution in [-0.2, 0) is 14.3 Å². The smallest absolute Gasteiger partial charge is 0.425 e. The summed E-state index contributed by atoms with van der Waals surface area (Å²) in [5, 5.41) is 0.284. The number of ether oxygens (including phenoxy) is 4. The second kappa shape index (κ2) is 14.2. The highest BCUT2D eigenvalue weighted by Crippen LogP contribution is 2.44. The summed E-state index contributed by atoms with van der Waals surface area (Å²) in [6.07, 6.45) is -4.64. The summed E-state index contributed by atoms with van der Waals surface area (Å²) in [5.41, 5.74) is 0. The van der Waals surface area contributed by atoms with Crippen LogP contribution in [0.3, 0.4) is 0 Å². The van der Waals surface area contributed by atoms with Crippen LogP contribution in [0, 0.1) is 0 Å². The van der Waals surface area contributed by atoms with Crippen LogP contribution in [0.25, 0.3) is 0 Å². The fourth-order valence-corrected chi connectivity index (χ4v) is 2.97. The third kappa shape index (κ3) is 10.3. The van der Waals surface area contributed by atoms with Gasteiger partial charge in [0.15, 0.2) is 6.10 Å². The standard InChI is InChI=1S/C19H19Cl6F3O5/c1-11(29)33-14(18(24,25)19(26,27)28)10-30-7-2-3-8-31-12-4-5-13(17(23)16(12)22)32-9-6-15(20)21/h4-6,14H,2-3,7-10H2,1H3. The Hall–Kier alpha value is -0.480. The van der Waals surface area contributed by atoms with Crippen LogP contribution in [-0.4, -0.2) is 49.0 Å². The molecule has 33 heavy (non-hydrogen) atoms. The lowest BCUT2D eigenvalue weighted by Crippen LogP contribution is -2.49. The lowest BCUT2D eigenvalue weighted by atomic mass is 10.2. The van der Waals surface area contributed by atoms with Gasteiger partial charge in [-0.25, -0.2) is 0 Å². The molecule has 14 heteroatoms. The fourth-order valence-electron chi connectivity index (χ4n) is 2.21. The summed E-state index contributed by atoms with van der Waals surface area (Å²) in [6, 6.07) is 3.12. The summed E-state index contributed by atoms with van der Waals surface area (Å²) in [4.78, 5) is 11.1. The first-order chi connectivity index (χ1) is 15.3. The van der Waals surface area contributed by atoms with Crippen LogP contribution < -0.4 is 9.47 Å². The molecule has 0 aromatic heterocycles. The largest absolute Gasteiger partial charge is 0.492 e. The molecule has 0 saturated carbocycles. The quantitative estimate of drug-likeness (QED) is 0.134. The molecule has 0 aliphatic rings. The van der Waals surface area contributed by atoms with E-state index in [2.05, 4.69) is 4.74 Å². The van der Waals surface area contributed by atoms with Crippen molar-refractivity contribution in [1.29, 1.82) is 0 Å². The molecule has 0 radical (unpaired) electrons. The first-order valence-corrected chi connectivity index (χ1v) is 11.5. The Kier molecular flexibility index (Phi) is 13.1. The molecule has 0 N–H and O–H groups in total. The highest BCUT2D eigenvalue weighted by Gasteiger charge is 2.59. The van der Waals surface area contributed by atoms with Gasteiger partial charge in [-0.1, -0.05) is 69.6 Å². The molecule has 1 rings (SSSR count). The monoisotopic (exact) mass is 594 g/mol. The maximum Gasteiger partial charge on any atom is 0.425 e. The lowest BCUT2D eigenvalue weighted by Gasteiger charge is -2.30.